The van der Waals surface area contributed by atoms with Crippen LogP contribution in [0.2, 0.25) is 5.02 Å². The fraction of sp³-hybridized carbons (Fsp3) is 0.150. The van der Waals surface area contributed by atoms with E-state index in [0.29, 0.717) is 6.42 Å². The Morgan fingerprint density at radius 2 is 1.79 bits per heavy atom. The Morgan fingerprint density at radius 3 is 2.45 bits per heavy atom. The highest BCUT2D eigenvalue weighted by Gasteiger charge is 2.23. The molecule has 1 heterocycles. The minimum Gasteiger partial charge on any atom is -0.377 e. The van der Waals surface area contributed by atoms with Crippen molar-refractivity contribution < 1.29 is 17.2 Å². The fourth-order valence-electron chi connectivity index (χ4n) is 2.80. The molecular weight excluding hydrogens is 420 g/mol. The largest absolute Gasteiger partial charge is 0.377 e. The van der Waals surface area contributed by atoms with Gasteiger partial charge in [0.25, 0.3) is 10.0 Å². The van der Waals surface area contributed by atoms with Crippen molar-refractivity contribution in [1.29, 1.82) is 0 Å². The molecule has 0 fully saturated rings. The number of hydrogen-bond acceptors (Lipinski definition) is 4. The van der Waals surface area contributed by atoms with Gasteiger partial charge < -0.3 is 5.32 Å². The molecule has 3 rings (SSSR count). The summed E-state index contributed by atoms with van der Waals surface area (Å²) in [6, 6.07) is 15.0. The summed E-state index contributed by atoms with van der Waals surface area (Å²) in [7, 11) is -4.35. The van der Waals surface area contributed by atoms with Gasteiger partial charge in [0.15, 0.2) is 0 Å². The van der Waals surface area contributed by atoms with Gasteiger partial charge in [-0.1, -0.05) is 54.9 Å². The lowest BCUT2D eigenvalue weighted by Gasteiger charge is -2.20. The van der Waals surface area contributed by atoms with Crippen molar-refractivity contribution in [3.63, 3.8) is 0 Å². The summed E-state index contributed by atoms with van der Waals surface area (Å²) in [4.78, 5) is 2.75. The van der Waals surface area contributed by atoms with E-state index in [0.717, 1.165) is 23.8 Å². The molecule has 0 amide bonds. The van der Waals surface area contributed by atoms with Crippen molar-refractivity contribution in [3.8, 4) is 0 Å². The number of anilines is 2. The standard InChI is InChI=1S/C20H18ClF2N3O2S/c1-2-16(13-7-4-3-5-8-13)24-17-12-15(22)18(11-14(17)21)29(27,28)26-20-10-6-9-19(23)25-20/h3-12,16,24H,2H2,1H3,(H,25,26). The van der Waals surface area contributed by atoms with Gasteiger partial charge in [-0.15, -0.1) is 0 Å². The second kappa shape index (κ2) is 8.75. The number of halogens is 3. The smallest absolute Gasteiger partial charge is 0.266 e. The van der Waals surface area contributed by atoms with Gasteiger partial charge in [-0.2, -0.15) is 4.39 Å². The monoisotopic (exact) mass is 437 g/mol. The summed E-state index contributed by atoms with van der Waals surface area (Å²) in [5, 5.41) is 3.18. The molecule has 0 saturated carbocycles. The van der Waals surface area contributed by atoms with Crippen molar-refractivity contribution in [2.45, 2.75) is 24.3 Å². The molecule has 0 radical (unpaired) electrons. The lowest BCUT2D eigenvalue weighted by atomic mass is 10.0. The van der Waals surface area contributed by atoms with Gasteiger partial charge in [-0.05, 0) is 36.2 Å². The molecule has 1 atom stereocenters. The number of rotatable bonds is 7. The Morgan fingerprint density at radius 1 is 1.07 bits per heavy atom. The molecule has 0 aliphatic carbocycles. The second-order valence-corrected chi connectivity index (χ2v) is 8.29. The van der Waals surface area contributed by atoms with E-state index in [1.807, 2.05) is 42.0 Å². The molecule has 3 aromatic rings. The van der Waals surface area contributed by atoms with Gasteiger partial charge in [0.05, 0.1) is 16.8 Å². The third-order valence-corrected chi connectivity index (χ3v) is 5.89. The van der Waals surface area contributed by atoms with Crippen LogP contribution in [0.1, 0.15) is 24.9 Å². The normalized spacial score (nSPS) is 12.4. The molecule has 1 aromatic heterocycles. The van der Waals surface area contributed by atoms with E-state index in [9.17, 15) is 17.2 Å². The van der Waals surface area contributed by atoms with Gasteiger partial charge in [-0.25, -0.2) is 17.8 Å². The number of benzene rings is 2. The fourth-order valence-corrected chi connectivity index (χ4v) is 4.17. The lowest BCUT2D eigenvalue weighted by molar-refractivity contribution is 0.569. The number of sulfonamides is 1. The van der Waals surface area contributed by atoms with E-state index in [1.54, 1.807) is 0 Å². The number of hydrogen-bond donors (Lipinski definition) is 2. The van der Waals surface area contributed by atoms with Crippen LogP contribution in [-0.4, -0.2) is 13.4 Å². The molecule has 9 heteroatoms. The van der Waals surface area contributed by atoms with Crippen LogP contribution in [0.15, 0.2) is 65.6 Å². The lowest BCUT2D eigenvalue weighted by Crippen LogP contribution is -2.16. The maximum absolute atomic E-state index is 14.7. The van der Waals surface area contributed by atoms with Crippen LogP contribution >= 0.6 is 11.6 Å². The Labute approximate surface area is 172 Å². The predicted molar refractivity (Wildman–Crippen MR) is 110 cm³/mol. The summed E-state index contributed by atoms with van der Waals surface area (Å²) in [5.74, 6) is -2.13. The van der Waals surface area contributed by atoms with Crippen molar-refractivity contribution in [2.24, 2.45) is 0 Å². The van der Waals surface area contributed by atoms with Crippen molar-refractivity contribution >= 4 is 33.1 Å². The minimum atomic E-state index is -4.35. The van der Waals surface area contributed by atoms with E-state index < -0.39 is 26.7 Å². The summed E-state index contributed by atoms with van der Waals surface area (Å²) < 4.78 is 54.9. The zero-order valence-electron chi connectivity index (χ0n) is 15.4. The SMILES string of the molecule is CCC(Nc1cc(F)c(S(=O)(=O)Nc2cccc(F)n2)cc1Cl)c1ccccc1. The van der Waals surface area contributed by atoms with Gasteiger partial charge in [0.2, 0.25) is 5.95 Å². The van der Waals surface area contributed by atoms with E-state index in [2.05, 4.69) is 10.3 Å². The zero-order chi connectivity index (χ0) is 21.0. The van der Waals surface area contributed by atoms with Crippen molar-refractivity contribution in [2.75, 3.05) is 10.0 Å². The summed E-state index contributed by atoms with van der Waals surface area (Å²) >= 11 is 6.23. The third kappa shape index (κ3) is 5.02. The van der Waals surface area contributed by atoms with E-state index in [1.165, 1.54) is 12.1 Å². The molecule has 2 aromatic carbocycles. The molecular formula is C20H18ClF2N3O2S. The first-order valence-electron chi connectivity index (χ1n) is 8.76. The molecule has 0 spiro atoms. The van der Waals surface area contributed by atoms with Crippen LogP contribution in [0.3, 0.4) is 0 Å². The third-order valence-electron chi connectivity index (χ3n) is 4.21. The molecule has 2 N–H and O–H groups in total. The predicted octanol–water partition coefficient (Wildman–Crippen LogP) is 5.38. The van der Waals surface area contributed by atoms with Crippen LogP contribution in [-0.2, 0) is 10.0 Å². The Kier molecular flexibility index (Phi) is 6.34. The first-order valence-corrected chi connectivity index (χ1v) is 10.6. The van der Waals surface area contributed by atoms with Crippen molar-refractivity contribution in [3.05, 3.63) is 83.0 Å². The zero-order valence-corrected chi connectivity index (χ0v) is 16.9. The average molecular weight is 438 g/mol. The van der Waals surface area contributed by atoms with Gasteiger partial charge in [0.1, 0.15) is 16.5 Å². The maximum Gasteiger partial charge on any atom is 0.266 e. The number of nitrogens with zero attached hydrogens (tertiary/aromatic N) is 1. The van der Waals surface area contributed by atoms with Crippen LogP contribution in [0.5, 0.6) is 0 Å². The second-order valence-electron chi connectivity index (χ2n) is 6.23. The van der Waals surface area contributed by atoms with E-state index in [4.69, 9.17) is 11.6 Å². The Hall–Kier alpha value is -2.71. The molecule has 1 unspecified atom stereocenters. The first-order chi connectivity index (χ1) is 13.8. The Bertz CT molecular complexity index is 1110. The molecule has 29 heavy (non-hydrogen) atoms. The molecule has 152 valence electrons. The van der Waals surface area contributed by atoms with Gasteiger partial charge >= 0.3 is 0 Å². The molecule has 0 bridgehead atoms. The van der Waals surface area contributed by atoms with E-state index in [-0.39, 0.29) is 22.6 Å². The van der Waals surface area contributed by atoms with E-state index >= 15 is 0 Å². The number of nitrogens with one attached hydrogen (secondary N) is 2. The quantitative estimate of drug-likeness (QED) is 0.487. The molecule has 0 saturated heterocycles. The highest BCUT2D eigenvalue weighted by atomic mass is 35.5. The molecule has 5 nitrogen and oxygen atoms in total. The topological polar surface area (TPSA) is 71.1 Å². The van der Waals surface area contributed by atoms with Crippen molar-refractivity contribution in [1.82, 2.24) is 4.98 Å². The van der Waals surface area contributed by atoms with Crippen LogP contribution in [0.25, 0.3) is 0 Å². The summed E-state index contributed by atoms with van der Waals surface area (Å²) in [5.41, 5.74) is 1.25. The number of pyridine rings is 1. The maximum atomic E-state index is 14.7. The van der Waals surface area contributed by atoms with Gasteiger partial charge in [0, 0.05) is 0 Å². The highest BCUT2D eigenvalue weighted by molar-refractivity contribution is 7.92. The van der Waals surface area contributed by atoms with Crippen LogP contribution in [0, 0.1) is 11.8 Å². The first kappa shape index (κ1) is 21.0. The van der Waals surface area contributed by atoms with Crippen LogP contribution in [0.4, 0.5) is 20.3 Å². The van der Waals surface area contributed by atoms with Crippen LogP contribution < -0.4 is 10.0 Å². The number of aromatic nitrogens is 1. The average Bonchev–Trinajstić information content (AvgIpc) is 2.68. The summed E-state index contributed by atoms with van der Waals surface area (Å²) in [6.45, 7) is 1.96. The van der Waals surface area contributed by atoms with Gasteiger partial charge in [-0.3, -0.25) is 4.72 Å². The highest BCUT2D eigenvalue weighted by Crippen LogP contribution is 2.32. The summed E-state index contributed by atoms with van der Waals surface area (Å²) in [6.07, 6.45) is 0.703. The molecule has 0 aliphatic rings. The minimum absolute atomic E-state index is 0.0355. The molecule has 0 aliphatic heterocycles. The Balaban J connectivity index is 1.88.